The molecule has 0 fully saturated rings. The number of fused-ring (bicyclic) bond motifs is 2. The molecule has 178 valence electrons. The van der Waals surface area contributed by atoms with E-state index in [1.807, 2.05) is 29.2 Å². The molecule has 0 atom stereocenters. The van der Waals surface area contributed by atoms with E-state index < -0.39 is 0 Å². The first-order chi connectivity index (χ1) is 18.2. The van der Waals surface area contributed by atoms with Gasteiger partial charge in [0.2, 0.25) is 0 Å². The molecule has 0 bridgehead atoms. The predicted molar refractivity (Wildman–Crippen MR) is 165 cm³/mol. The Kier molecular flexibility index (Phi) is 6.53. The zero-order valence-corrected chi connectivity index (χ0v) is 22.3. The van der Waals surface area contributed by atoms with Gasteiger partial charge in [0.1, 0.15) is 0 Å². The van der Waals surface area contributed by atoms with Gasteiger partial charge in [-0.05, 0) is 63.4 Å². The highest BCUT2D eigenvalue weighted by Crippen LogP contribution is 2.48. The highest BCUT2D eigenvalue weighted by Gasteiger charge is 2.18. The van der Waals surface area contributed by atoms with Gasteiger partial charge >= 0.3 is 0 Å². The highest BCUT2D eigenvalue weighted by atomic mass is 32.2. The highest BCUT2D eigenvalue weighted by molar-refractivity contribution is 8.09. The van der Waals surface area contributed by atoms with E-state index in [1.165, 1.54) is 63.4 Å². The minimum atomic E-state index is 1.21. The second-order valence-electron chi connectivity index (χ2n) is 9.06. The fourth-order valence-electron chi connectivity index (χ4n) is 4.84. The third-order valence-electron chi connectivity index (χ3n) is 6.61. The summed E-state index contributed by atoms with van der Waals surface area (Å²) in [6, 6.07) is 41.6. The molecule has 6 aromatic rings. The van der Waals surface area contributed by atoms with Gasteiger partial charge < -0.3 is 0 Å². The average Bonchev–Trinajstić information content (AvgIpc) is 3.44. The van der Waals surface area contributed by atoms with Crippen LogP contribution >= 0.6 is 23.1 Å². The van der Waals surface area contributed by atoms with Crippen LogP contribution in [0.4, 0.5) is 0 Å². The molecule has 1 aromatic heterocycles. The lowest BCUT2D eigenvalue weighted by atomic mass is 9.91. The topological polar surface area (TPSA) is 0 Å². The van der Waals surface area contributed by atoms with Crippen molar-refractivity contribution < 1.29 is 0 Å². The first-order valence-corrected chi connectivity index (χ1v) is 14.0. The molecule has 1 heterocycles. The van der Waals surface area contributed by atoms with Crippen LogP contribution in [0.3, 0.4) is 0 Å². The zero-order valence-electron chi connectivity index (χ0n) is 20.6. The molecule has 5 aromatic carbocycles. The van der Waals surface area contributed by atoms with Crippen LogP contribution in [0.2, 0.25) is 0 Å². The third-order valence-corrected chi connectivity index (χ3v) is 9.13. The monoisotopic (exact) mass is 510 g/mol. The Labute approximate surface area is 226 Å². The molecular weight excluding hydrogens is 485 g/mol. The Balaban J connectivity index is 1.53. The summed E-state index contributed by atoms with van der Waals surface area (Å²) in [5, 5.41) is 5.11. The summed E-state index contributed by atoms with van der Waals surface area (Å²) < 4.78 is 0. The standard InChI is InChI=1S/C35H26S2/c1-3-11-32(33-23-22-31(36-33)25-12-5-4-6-13-25)37-35-29-16-9-7-14-27(29)34(26-20-18-24(2)19-21-26)28-15-8-10-17-30(28)35/h3-23H,1H2,2H3/b32-11-. The lowest BCUT2D eigenvalue weighted by Crippen LogP contribution is -1.89. The molecule has 0 amide bonds. The molecular formula is C35H26S2. The van der Waals surface area contributed by atoms with Crippen LogP contribution in [0.15, 0.2) is 139 Å². The molecule has 0 aliphatic rings. The van der Waals surface area contributed by atoms with Gasteiger partial charge in [-0.1, -0.05) is 133 Å². The van der Waals surface area contributed by atoms with Gasteiger partial charge in [-0.2, -0.15) is 0 Å². The maximum Gasteiger partial charge on any atom is 0.0416 e. The van der Waals surface area contributed by atoms with Crippen LogP contribution < -0.4 is 0 Å². The fourth-order valence-corrected chi connectivity index (χ4v) is 7.15. The van der Waals surface area contributed by atoms with E-state index in [1.54, 1.807) is 0 Å². The molecule has 0 aliphatic heterocycles. The molecule has 0 saturated carbocycles. The molecule has 37 heavy (non-hydrogen) atoms. The van der Waals surface area contributed by atoms with Crippen LogP contribution in [0.5, 0.6) is 0 Å². The van der Waals surface area contributed by atoms with Crippen molar-refractivity contribution in [3.05, 3.63) is 144 Å². The van der Waals surface area contributed by atoms with E-state index in [9.17, 15) is 0 Å². The summed E-state index contributed by atoms with van der Waals surface area (Å²) in [6.45, 7) is 6.17. The first-order valence-electron chi connectivity index (χ1n) is 12.4. The Morgan fingerprint density at radius 3 is 1.86 bits per heavy atom. The molecule has 0 nitrogen and oxygen atoms in total. The van der Waals surface area contributed by atoms with E-state index in [0.717, 1.165) is 0 Å². The molecule has 2 heteroatoms. The SMILES string of the molecule is C=C/C=C(\Sc1c2ccccc2c(-c2ccc(C)cc2)c2ccccc12)c1ccc(-c2ccccc2)s1. The van der Waals surface area contributed by atoms with Gasteiger partial charge in [-0.3, -0.25) is 0 Å². The number of rotatable bonds is 6. The van der Waals surface area contributed by atoms with Crippen LogP contribution in [-0.2, 0) is 0 Å². The molecule has 0 saturated heterocycles. The van der Waals surface area contributed by atoms with Crippen molar-refractivity contribution in [3.8, 4) is 21.6 Å². The second kappa shape index (κ2) is 10.3. The Morgan fingerprint density at radius 1 is 0.649 bits per heavy atom. The van der Waals surface area contributed by atoms with Crippen molar-refractivity contribution in [3.63, 3.8) is 0 Å². The minimum Gasteiger partial charge on any atom is -0.135 e. The third kappa shape index (κ3) is 4.55. The summed E-state index contributed by atoms with van der Waals surface area (Å²) >= 11 is 3.67. The van der Waals surface area contributed by atoms with Crippen molar-refractivity contribution in [2.45, 2.75) is 11.8 Å². The summed E-state index contributed by atoms with van der Waals surface area (Å²) in [5.41, 5.74) is 5.07. The first kappa shape index (κ1) is 23.5. The van der Waals surface area contributed by atoms with Crippen molar-refractivity contribution in [2.24, 2.45) is 0 Å². The van der Waals surface area contributed by atoms with E-state index in [4.69, 9.17) is 0 Å². The molecule has 0 aliphatic carbocycles. The molecule has 0 radical (unpaired) electrons. The molecule has 0 N–H and O–H groups in total. The van der Waals surface area contributed by atoms with Gasteiger partial charge in [-0.25, -0.2) is 0 Å². The zero-order chi connectivity index (χ0) is 25.2. The smallest absolute Gasteiger partial charge is 0.0416 e. The van der Waals surface area contributed by atoms with Crippen molar-refractivity contribution >= 4 is 49.5 Å². The molecule has 0 unspecified atom stereocenters. The van der Waals surface area contributed by atoms with Crippen LogP contribution in [0.1, 0.15) is 10.4 Å². The van der Waals surface area contributed by atoms with Gasteiger partial charge in [-0.15, -0.1) is 11.3 Å². The Bertz CT molecular complexity index is 1700. The lowest BCUT2D eigenvalue weighted by Gasteiger charge is -2.17. The molecule has 0 spiro atoms. The molecule has 6 rings (SSSR count). The summed E-state index contributed by atoms with van der Waals surface area (Å²) in [5.74, 6) is 0. The van der Waals surface area contributed by atoms with Crippen LogP contribution in [-0.4, -0.2) is 0 Å². The van der Waals surface area contributed by atoms with Gasteiger partial charge in [0.05, 0.1) is 0 Å². The number of thiophene rings is 1. The van der Waals surface area contributed by atoms with E-state index >= 15 is 0 Å². The van der Waals surface area contributed by atoms with Gasteiger partial charge in [0, 0.05) is 19.6 Å². The summed E-state index contributed by atoms with van der Waals surface area (Å²) in [4.78, 5) is 5.01. The minimum absolute atomic E-state index is 1.21. The number of hydrogen-bond donors (Lipinski definition) is 0. The van der Waals surface area contributed by atoms with Crippen LogP contribution in [0.25, 0.3) is 48.0 Å². The maximum atomic E-state index is 4.03. The summed E-state index contributed by atoms with van der Waals surface area (Å²) in [6.07, 6.45) is 4.04. The van der Waals surface area contributed by atoms with Crippen molar-refractivity contribution in [1.82, 2.24) is 0 Å². The van der Waals surface area contributed by atoms with Crippen molar-refractivity contribution in [2.75, 3.05) is 0 Å². The largest absolute Gasteiger partial charge is 0.135 e. The number of benzene rings is 5. The van der Waals surface area contributed by atoms with Gasteiger partial charge in [0.15, 0.2) is 0 Å². The van der Waals surface area contributed by atoms with E-state index in [2.05, 4.69) is 135 Å². The number of aryl methyl sites for hydroxylation is 1. The normalized spacial score (nSPS) is 11.8. The van der Waals surface area contributed by atoms with Crippen molar-refractivity contribution in [1.29, 1.82) is 0 Å². The van der Waals surface area contributed by atoms with E-state index in [-0.39, 0.29) is 0 Å². The predicted octanol–water partition coefficient (Wildman–Crippen LogP) is 11.0. The quantitative estimate of drug-likeness (QED) is 0.122. The second-order valence-corrected chi connectivity index (χ2v) is 11.2. The lowest BCUT2D eigenvalue weighted by molar-refractivity contribution is 1.47. The number of thioether (sulfide) groups is 1. The summed E-state index contributed by atoms with van der Waals surface area (Å²) in [7, 11) is 0. The maximum absolute atomic E-state index is 4.03. The van der Waals surface area contributed by atoms with E-state index in [0.29, 0.717) is 0 Å². The van der Waals surface area contributed by atoms with Crippen LogP contribution in [0, 0.1) is 6.92 Å². The Hall–Kier alpha value is -3.85. The number of hydrogen-bond acceptors (Lipinski definition) is 2. The Morgan fingerprint density at radius 2 is 1.24 bits per heavy atom. The average molecular weight is 511 g/mol. The fraction of sp³-hybridized carbons (Fsp3) is 0.0286. The number of allylic oxidation sites excluding steroid dienone is 2. The van der Waals surface area contributed by atoms with Gasteiger partial charge in [0.25, 0.3) is 0 Å².